The minimum Gasteiger partial charge on any atom is -0.492 e. The molecule has 0 saturated carbocycles. The number of nitrogens with zero attached hydrogens (tertiary/aromatic N) is 2. The van der Waals surface area contributed by atoms with Crippen molar-refractivity contribution in [2.45, 2.75) is 51.2 Å². The standard InChI is InChI=1S/C24H29ClN4O3S/c1-6-17-13-21(32-7-2)20(12-16(17)5)28-24-26-14-18(25)23(29-24)27-19-10-8-9-11-22(19)33(30,31)15(3)4/h8-15H,6-7H2,1-5H3,(H2,26,27,28,29). The van der Waals surface area contributed by atoms with E-state index in [9.17, 15) is 8.42 Å². The number of aryl methyl sites for hydroxylation is 2. The number of nitrogens with one attached hydrogen (secondary N) is 2. The SMILES string of the molecule is CCOc1cc(CC)c(C)cc1Nc1ncc(Cl)c(Nc2ccccc2S(=O)(=O)C(C)C)n1. The number of rotatable bonds is 9. The molecule has 0 fully saturated rings. The number of halogens is 1. The highest BCUT2D eigenvalue weighted by molar-refractivity contribution is 7.92. The Kier molecular flexibility index (Phi) is 7.81. The van der Waals surface area contributed by atoms with Crippen LogP contribution in [0.5, 0.6) is 5.75 Å². The largest absolute Gasteiger partial charge is 0.492 e. The minimum atomic E-state index is -3.50. The topological polar surface area (TPSA) is 93.2 Å². The maximum absolute atomic E-state index is 12.8. The Labute approximate surface area is 200 Å². The lowest BCUT2D eigenvalue weighted by Crippen LogP contribution is -2.15. The summed E-state index contributed by atoms with van der Waals surface area (Å²) in [5.41, 5.74) is 3.47. The molecule has 9 heteroatoms. The molecule has 0 unspecified atom stereocenters. The fraction of sp³-hybridized carbons (Fsp3) is 0.333. The highest BCUT2D eigenvalue weighted by Gasteiger charge is 2.23. The Morgan fingerprint density at radius 3 is 2.48 bits per heavy atom. The molecule has 7 nitrogen and oxygen atoms in total. The number of para-hydroxylation sites is 1. The summed E-state index contributed by atoms with van der Waals surface area (Å²) >= 11 is 6.33. The van der Waals surface area contributed by atoms with Crippen LogP contribution in [0.4, 0.5) is 23.1 Å². The molecule has 2 N–H and O–H groups in total. The van der Waals surface area contributed by atoms with Gasteiger partial charge in [-0.15, -0.1) is 0 Å². The molecule has 0 radical (unpaired) electrons. The van der Waals surface area contributed by atoms with Crippen LogP contribution in [0, 0.1) is 6.92 Å². The van der Waals surface area contributed by atoms with Gasteiger partial charge in [0.2, 0.25) is 5.95 Å². The summed E-state index contributed by atoms with van der Waals surface area (Å²) in [4.78, 5) is 8.96. The van der Waals surface area contributed by atoms with Crippen molar-refractivity contribution in [3.8, 4) is 5.75 Å². The second kappa shape index (κ2) is 10.4. The summed E-state index contributed by atoms with van der Waals surface area (Å²) in [7, 11) is -3.50. The molecule has 0 amide bonds. The molecular formula is C24H29ClN4O3S. The van der Waals surface area contributed by atoms with E-state index in [2.05, 4.69) is 27.5 Å². The van der Waals surface area contributed by atoms with Gasteiger partial charge in [-0.05, 0) is 69.5 Å². The highest BCUT2D eigenvalue weighted by atomic mass is 35.5. The molecule has 3 rings (SSSR count). The third-order valence-electron chi connectivity index (χ3n) is 5.18. The zero-order valence-electron chi connectivity index (χ0n) is 19.4. The van der Waals surface area contributed by atoms with Crippen molar-refractivity contribution in [3.05, 3.63) is 58.7 Å². The number of hydrogen-bond acceptors (Lipinski definition) is 7. The Bertz CT molecular complexity index is 1250. The van der Waals surface area contributed by atoms with E-state index in [1.54, 1.807) is 38.1 Å². The molecular weight excluding hydrogens is 460 g/mol. The predicted molar refractivity (Wildman–Crippen MR) is 134 cm³/mol. The lowest BCUT2D eigenvalue weighted by molar-refractivity contribution is 0.341. The first-order chi connectivity index (χ1) is 15.7. The van der Waals surface area contributed by atoms with Crippen LogP contribution in [0.25, 0.3) is 0 Å². The third kappa shape index (κ3) is 5.57. The van der Waals surface area contributed by atoms with Crippen LogP contribution < -0.4 is 15.4 Å². The predicted octanol–water partition coefficient (Wildman–Crippen LogP) is 6.07. The van der Waals surface area contributed by atoms with E-state index >= 15 is 0 Å². The van der Waals surface area contributed by atoms with Crippen LogP contribution in [-0.4, -0.2) is 30.2 Å². The molecule has 3 aromatic rings. The molecule has 0 saturated heterocycles. The fourth-order valence-electron chi connectivity index (χ4n) is 3.32. The van der Waals surface area contributed by atoms with Gasteiger partial charge in [0.25, 0.3) is 0 Å². The van der Waals surface area contributed by atoms with E-state index < -0.39 is 15.1 Å². The van der Waals surface area contributed by atoms with Gasteiger partial charge in [-0.1, -0.05) is 30.7 Å². The molecule has 0 aliphatic carbocycles. The number of aromatic nitrogens is 2. The van der Waals surface area contributed by atoms with Gasteiger partial charge < -0.3 is 15.4 Å². The van der Waals surface area contributed by atoms with Crippen LogP contribution >= 0.6 is 11.6 Å². The van der Waals surface area contributed by atoms with Crippen LogP contribution in [-0.2, 0) is 16.3 Å². The maximum Gasteiger partial charge on any atom is 0.229 e. The van der Waals surface area contributed by atoms with Crippen LogP contribution in [0.3, 0.4) is 0 Å². The van der Waals surface area contributed by atoms with Gasteiger partial charge in [-0.3, -0.25) is 0 Å². The molecule has 2 aromatic carbocycles. The van der Waals surface area contributed by atoms with Gasteiger partial charge in [-0.25, -0.2) is 13.4 Å². The Hall–Kier alpha value is -2.84. The second-order valence-corrected chi connectivity index (χ2v) is 10.7. The number of benzene rings is 2. The smallest absolute Gasteiger partial charge is 0.229 e. The number of anilines is 4. The normalized spacial score (nSPS) is 11.5. The van der Waals surface area contributed by atoms with Crippen molar-refractivity contribution >= 4 is 44.6 Å². The Balaban J connectivity index is 1.97. The summed E-state index contributed by atoms with van der Waals surface area (Å²) in [6, 6.07) is 10.7. The van der Waals surface area contributed by atoms with Gasteiger partial charge >= 0.3 is 0 Å². The van der Waals surface area contributed by atoms with Gasteiger partial charge in [0.15, 0.2) is 15.7 Å². The van der Waals surface area contributed by atoms with Crippen LogP contribution in [0.15, 0.2) is 47.5 Å². The first kappa shape index (κ1) is 24.8. The number of hydrogen-bond donors (Lipinski definition) is 2. The third-order valence-corrected chi connectivity index (χ3v) is 7.66. The summed E-state index contributed by atoms with van der Waals surface area (Å²) in [6.45, 7) is 9.89. The molecule has 1 heterocycles. The molecule has 0 aliphatic rings. The molecule has 33 heavy (non-hydrogen) atoms. The van der Waals surface area contributed by atoms with E-state index in [4.69, 9.17) is 16.3 Å². The first-order valence-corrected chi connectivity index (χ1v) is 12.8. The molecule has 0 atom stereocenters. The first-order valence-electron chi connectivity index (χ1n) is 10.8. The van der Waals surface area contributed by atoms with Gasteiger partial charge in [-0.2, -0.15) is 4.98 Å². The van der Waals surface area contributed by atoms with Crippen molar-refractivity contribution in [3.63, 3.8) is 0 Å². The fourth-order valence-corrected chi connectivity index (χ4v) is 4.66. The van der Waals surface area contributed by atoms with E-state index in [1.165, 1.54) is 11.8 Å². The van der Waals surface area contributed by atoms with Crippen molar-refractivity contribution in [1.82, 2.24) is 9.97 Å². The van der Waals surface area contributed by atoms with Gasteiger partial charge in [0.1, 0.15) is 10.8 Å². The Morgan fingerprint density at radius 1 is 1.09 bits per heavy atom. The second-order valence-electron chi connectivity index (χ2n) is 7.79. The van der Waals surface area contributed by atoms with E-state index in [-0.39, 0.29) is 9.92 Å². The highest BCUT2D eigenvalue weighted by Crippen LogP contribution is 2.33. The van der Waals surface area contributed by atoms with Crippen molar-refractivity contribution in [2.75, 3.05) is 17.2 Å². The van der Waals surface area contributed by atoms with Gasteiger partial charge in [0, 0.05) is 0 Å². The van der Waals surface area contributed by atoms with E-state index in [0.29, 0.717) is 29.8 Å². The van der Waals surface area contributed by atoms with Crippen molar-refractivity contribution in [2.24, 2.45) is 0 Å². The monoisotopic (exact) mass is 488 g/mol. The maximum atomic E-state index is 12.8. The van der Waals surface area contributed by atoms with E-state index in [0.717, 1.165) is 17.7 Å². The summed E-state index contributed by atoms with van der Waals surface area (Å²) in [5, 5.41) is 5.96. The van der Waals surface area contributed by atoms with Crippen molar-refractivity contribution < 1.29 is 13.2 Å². The molecule has 176 valence electrons. The summed E-state index contributed by atoms with van der Waals surface area (Å²) < 4.78 is 31.4. The average Bonchev–Trinajstić information content (AvgIpc) is 2.78. The lowest BCUT2D eigenvalue weighted by Gasteiger charge is -2.17. The summed E-state index contributed by atoms with van der Waals surface area (Å²) in [6.07, 6.45) is 2.36. The van der Waals surface area contributed by atoms with Crippen LogP contribution in [0.1, 0.15) is 38.8 Å². The number of sulfone groups is 1. The molecule has 0 aliphatic heterocycles. The lowest BCUT2D eigenvalue weighted by atomic mass is 10.0. The molecule has 0 bridgehead atoms. The molecule has 0 spiro atoms. The minimum absolute atomic E-state index is 0.189. The van der Waals surface area contributed by atoms with Crippen molar-refractivity contribution in [1.29, 1.82) is 0 Å². The zero-order chi connectivity index (χ0) is 24.2. The average molecular weight is 489 g/mol. The van der Waals surface area contributed by atoms with Crippen LogP contribution in [0.2, 0.25) is 5.02 Å². The summed E-state index contributed by atoms with van der Waals surface area (Å²) in [5.74, 6) is 1.30. The zero-order valence-corrected chi connectivity index (χ0v) is 21.0. The molecule has 1 aromatic heterocycles. The Morgan fingerprint density at radius 2 is 1.82 bits per heavy atom. The van der Waals surface area contributed by atoms with E-state index in [1.807, 2.05) is 26.0 Å². The number of ether oxygens (including phenoxy) is 1. The quantitative estimate of drug-likeness (QED) is 0.377. The van der Waals surface area contributed by atoms with Gasteiger partial charge in [0.05, 0.1) is 34.3 Å².